The average molecular weight is 268 g/mol. The van der Waals surface area contributed by atoms with Crippen molar-refractivity contribution >= 4 is 11.6 Å². The Kier molecular flexibility index (Phi) is 3.01. The highest BCUT2D eigenvalue weighted by molar-refractivity contribution is 6.30. The molecule has 1 fully saturated rings. The van der Waals surface area contributed by atoms with Crippen LogP contribution in [0.15, 0.2) is 22.6 Å². The molecule has 3 rings (SSSR count). The largest absolute Gasteiger partial charge is 0.419 e. The molecule has 6 heteroatoms. The van der Waals surface area contributed by atoms with Gasteiger partial charge in [-0.2, -0.15) is 0 Å². The molecular formula is C12H11ClFN3O. The molecule has 1 heterocycles. The highest BCUT2D eigenvalue weighted by Crippen LogP contribution is 2.24. The Hall–Kier alpha value is -1.46. The lowest BCUT2D eigenvalue weighted by Gasteiger charge is -1.97. The molecule has 0 unspecified atom stereocenters. The zero-order chi connectivity index (χ0) is 12.5. The minimum Gasteiger partial charge on any atom is -0.419 e. The van der Waals surface area contributed by atoms with Crippen LogP contribution in [0.1, 0.15) is 18.7 Å². The molecule has 1 saturated carbocycles. The number of aromatic nitrogens is 2. The molecule has 0 saturated heterocycles. The van der Waals surface area contributed by atoms with Crippen LogP contribution in [-0.2, 0) is 6.54 Å². The van der Waals surface area contributed by atoms with Gasteiger partial charge in [0, 0.05) is 11.6 Å². The summed E-state index contributed by atoms with van der Waals surface area (Å²) in [5, 5.41) is 11.1. The van der Waals surface area contributed by atoms with Crippen LogP contribution in [0.25, 0.3) is 11.5 Å². The molecule has 94 valence electrons. The first-order chi connectivity index (χ1) is 8.72. The average Bonchev–Trinajstić information content (AvgIpc) is 3.08. The second-order valence-corrected chi connectivity index (χ2v) is 4.69. The molecule has 18 heavy (non-hydrogen) atoms. The fourth-order valence-electron chi connectivity index (χ4n) is 1.59. The van der Waals surface area contributed by atoms with Crippen LogP contribution in [0.3, 0.4) is 0 Å². The SMILES string of the molecule is Fc1cc(-c2nnc(CNC3CC3)o2)ccc1Cl. The van der Waals surface area contributed by atoms with Crippen LogP contribution in [-0.4, -0.2) is 16.2 Å². The van der Waals surface area contributed by atoms with Gasteiger partial charge in [0.05, 0.1) is 11.6 Å². The van der Waals surface area contributed by atoms with Crippen LogP contribution < -0.4 is 5.32 Å². The van der Waals surface area contributed by atoms with Gasteiger partial charge in [-0.05, 0) is 31.0 Å². The van der Waals surface area contributed by atoms with Gasteiger partial charge >= 0.3 is 0 Å². The van der Waals surface area contributed by atoms with Gasteiger partial charge in [0.2, 0.25) is 11.8 Å². The summed E-state index contributed by atoms with van der Waals surface area (Å²) in [6.07, 6.45) is 2.40. The van der Waals surface area contributed by atoms with Crippen LogP contribution in [0, 0.1) is 5.82 Å². The molecule has 2 aromatic rings. The van der Waals surface area contributed by atoms with Crippen molar-refractivity contribution in [1.82, 2.24) is 15.5 Å². The van der Waals surface area contributed by atoms with Crippen molar-refractivity contribution in [3.63, 3.8) is 0 Å². The summed E-state index contributed by atoms with van der Waals surface area (Å²) in [6.45, 7) is 0.549. The highest BCUT2D eigenvalue weighted by atomic mass is 35.5. The molecule has 0 spiro atoms. The summed E-state index contributed by atoms with van der Waals surface area (Å²) in [5.41, 5.74) is 0.530. The fraction of sp³-hybridized carbons (Fsp3) is 0.333. The van der Waals surface area contributed by atoms with Gasteiger partial charge in [-0.3, -0.25) is 0 Å². The van der Waals surface area contributed by atoms with E-state index in [0.29, 0.717) is 29.9 Å². The van der Waals surface area contributed by atoms with Crippen molar-refractivity contribution in [3.8, 4) is 11.5 Å². The second-order valence-electron chi connectivity index (χ2n) is 4.29. The number of rotatable bonds is 4. The molecule has 1 aliphatic rings. The maximum Gasteiger partial charge on any atom is 0.247 e. The van der Waals surface area contributed by atoms with Crippen molar-refractivity contribution in [3.05, 3.63) is 34.9 Å². The van der Waals surface area contributed by atoms with E-state index in [9.17, 15) is 4.39 Å². The van der Waals surface area contributed by atoms with Gasteiger partial charge in [0.1, 0.15) is 5.82 Å². The standard InChI is InChI=1S/C12H11ClFN3O/c13-9-4-1-7(5-10(9)14)12-17-16-11(18-12)6-15-8-2-3-8/h1,4-5,8,15H,2-3,6H2. The van der Waals surface area contributed by atoms with E-state index in [-0.39, 0.29) is 5.02 Å². The molecule has 1 aliphatic carbocycles. The van der Waals surface area contributed by atoms with E-state index in [4.69, 9.17) is 16.0 Å². The molecule has 1 aromatic heterocycles. The highest BCUT2D eigenvalue weighted by Gasteiger charge is 2.21. The van der Waals surface area contributed by atoms with Crippen LogP contribution >= 0.6 is 11.6 Å². The molecular weight excluding hydrogens is 257 g/mol. The number of nitrogens with one attached hydrogen (secondary N) is 1. The second kappa shape index (κ2) is 4.66. The molecule has 0 atom stereocenters. The fourth-order valence-corrected chi connectivity index (χ4v) is 1.71. The Morgan fingerprint density at radius 3 is 2.94 bits per heavy atom. The first kappa shape index (κ1) is 11.6. The zero-order valence-electron chi connectivity index (χ0n) is 9.49. The summed E-state index contributed by atoms with van der Waals surface area (Å²) < 4.78 is 18.7. The maximum absolute atomic E-state index is 13.3. The number of halogens is 2. The predicted molar refractivity (Wildman–Crippen MR) is 64.6 cm³/mol. The van der Waals surface area contributed by atoms with Gasteiger partial charge in [-0.1, -0.05) is 11.6 Å². The third-order valence-electron chi connectivity index (χ3n) is 2.75. The summed E-state index contributed by atoms with van der Waals surface area (Å²) in [7, 11) is 0. The van der Waals surface area contributed by atoms with E-state index in [1.165, 1.54) is 25.0 Å². The van der Waals surface area contributed by atoms with E-state index < -0.39 is 5.82 Å². The summed E-state index contributed by atoms with van der Waals surface area (Å²) >= 11 is 5.61. The molecule has 1 N–H and O–H groups in total. The van der Waals surface area contributed by atoms with Gasteiger partial charge in [-0.15, -0.1) is 10.2 Å². The topological polar surface area (TPSA) is 51.0 Å². The van der Waals surface area contributed by atoms with E-state index in [0.717, 1.165) is 0 Å². The maximum atomic E-state index is 13.3. The van der Waals surface area contributed by atoms with Crippen LogP contribution in [0.4, 0.5) is 4.39 Å². The predicted octanol–water partition coefficient (Wildman–Crippen LogP) is 2.78. The summed E-state index contributed by atoms with van der Waals surface area (Å²) in [5.74, 6) is 0.315. The molecule has 0 bridgehead atoms. The molecule has 0 radical (unpaired) electrons. The number of hydrogen-bond acceptors (Lipinski definition) is 4. The minimum atomic E-state index is -0.495. The summed E-state index contributed by atoms with van der Waals surface area (Å²) in [6, 6.07) is 4.98. The first-order valence-electron chi connectivity index (χ1n) is 5.73. The van der Waals surface area contributed by atoms with Gasteiger partial charge < -0.3 is 9.73 Å². The Balaban J connectivity index is 1.76. The van der Waals surface area contributed by atoms with Gasteiger partial charge in [0.15, 0.2) is 0 Å². The lowest BCUT2D eigenvalue weighted by molar-refractivity contribution is 0.476. The number of nitrogens with zero attached hydrogens (tertiary/aromatic N) is 2. The van der Waals surface area contributed by atoms with E-state index in [1.807, 2.05) is 0 Å². The van der Waals surface area contributed by atoms with Crippen LogP contribution in [0.5, 0.6) is 0 Å². The quantitative estimate of drug-likeness (QED) is 0.925. The van der Waals surface area contributed by atoms with E-state index >= 15 is 0 Å². The van der Waals surface area contributed by atoms with Crippen molar-refractivity contribution in [2.24, 2.45) is 0 Å². The Labute approximate surface area is 108 Å². The monoisotopic (exact) mass is 267 g/mol. The molecule has 4 nitrogen and oxygen atoms in total. The van der Waals surface area contributed by atoms with Crippen molar-refractivity contribution in [2.75, 3.05) is 0 Å². The molecule has 0 aliphatic heterocycles. The normalized spacial score (nSPS) is 15.0. The molecule has 1 aromatic carbocycles. The third kappa shape index (κ3) is 2.52. The minimum absolute atomic E-state index is 0.0777. The van der Waals surface area contributed by atoms with E-state index in [2.05, 4.69) is 15.5 Å². The number of benzene rings is 1. The van der Waals surface area contributed by atoms with Crippen molar-refractivity contribution < 1.29 is 8.81 Å². The Bertz CT molecular complexity index is 568. The van der Waals surface area contributed by atoms with E-state index in [1.54, 1.807) is 6.07 Å². The Morgan fingerprint density at radius 2 is 2.22 bits per heavy atom. The number of hydrogen-bond donors (Lipinski definition) is 1. The van der Waals surface area contributed by atoms with Gasteiger partial charge in [0.25, 0.3) is 0 Å². The molecule has 0 amide bonds. The smallest absolute Gasteiger partial charge is 0.247 e. The zero-order valence-corrected chi connectivity index (χ0v) is 10.2. The lowest BCUT2D eigenvalue weighted by atomic mass is 10.2. The summed E-state index contributed by atoms with van der Waals surface area (Å²) in [4.78, 5) is 0. The lowest BCUT2D eigenvalue weighted by Crippen LogP contribution is -2.15. The van der Waals surface area contributed by atoms with Crippen molar-refractivity contribution in [2.45, 2.75) is 25.4 Å². The third-order valence-corrected chi connectivity index (χ3v) is 3.06. The van der Waals surface area contributed by atoms with Gasteiger partial charge in [-0.25, -0.2) is 4.39 Å². The first-order valence-corrected chi connectivity index (χ1v) is 6.11. The van der Waals surface area contributed by atoms with Crippen molar-refractivity contribution in [1.29, 1.82) is 0 Å². The van der Waals surface area contributed by atoms with Crippen LogP contribution in [0.2, 0.25) is 5.02 Å². The Morgan fingerprint density at radius 1 is 1.39 bits per heavy atom.